The molecule has 3 aliphatic rings. The monoisotopic (exact) mass is 667 g/mol. The molecule has 3 aliphatic heterocycles. The van der Waals surface area contributed by atoms with E-state index in [1.807, 2.05) is 36.1 Å². The summed E-state index contributed by atoms with van der Waals surface area (Å²) in [5.41, 5.74) is 7.60. The highest BCUT2D eigenvalue weighted by molar-refractivity contribution is 6.30. The van der Waals surface area contributed by atoms with Crippen molar-refractivity contribution in [3.05, 3.63) is 98.5 Å². The van der Waals surface area contributed by atoms with E-state index >= 15 is 0 Å². The first-order valence-electron chi connectivity index (χ1n) is 16.7. The van der Waals surface area contributed by atoms with Crippen LogP contribution in [-0.2, 0) is 17.7 Å². The van der Waals surface area contributed by atoms with E-state index in [1.165, 1.54) is 16.8 Å². The smallest absolute Gasteiger partial charge is 0.408 e. The van der Waals surface area contributed by atoms with Gasteiger partial charge in [0.2, 0.25) is 0 Å². The fourth-order valence-corrected chi connectivity index (χ4v) is 7.80. The number of benzene rings is 1. The van der Waals surface area contributed by atoms with Crippen LogP contribution in [0.1, 0.15) is 77.7 Å². The molecule has 4 aromatic heterocycles. The van der Waals surface area contributed by atoms with Crippen molar-refractivity contribution < 1.29 is 18.3 Å². The number of aryl methyl sites for hydroxylation is 2. The minimum atomic E-state index is -0.631. The van der Waals surface area contributed by atoms with Crippen molar-refractivity contribution in [2.45, 2.75) is 64.5 Å². The van der Waals surface area contributed by atoms with Gasteiger partial charge in [-0.3, -0.25) is 24.3 Å². The zero-order valence-electron chi connectivity index (χ0n) is 26.7. The second kappa shape index (κ2) is 12.6. The maximum absolute atomic E-state index is 14.7. The van der Waals surface area contributed by atoms with Gasteiger partial charge in [0.15, 0.2) is 5.58 Å². The van der Waals surface area contributed by atoms with Crippen LogP contribution in [0, 0.1) is 18.7 Å². The Kier molecular flexibility index (Phi) is 8.08. The van der Waals surface area contributed by atoms with Crippen LogP contribution >= 0.6 is 11.6 Å². The summed E-state index contributed by atoms with van der Waals surface area (Å²) < 4.78 is 27.4. The molecule has 9 nitrogen and oxygen atoms in total. The molecule has 8 rings (SSSR count). The summed E-state index contributed by atoms with van der Waals surface area (Å²) in [5.74, 6) is -0.701. The summed E-state index contributed by atoms with van der Waals surface area (Å²) in [7, 11) is 0. The van der Waals surface area contributed by atoms with Gasteiger partial charge < -0.3 is 14.1 Å². The van der Waals surface area contributed by atoms with Crippen molar-refractivity contribution in [3.63, 3.8) is 0 Å². The van der Waals surface area contributed by atoms with Crippen LogP contribution in [0.3, 0.4) is 0 Å². The van der Waals surface area contributed by atoms with Crippen molar-refractivity contribution in [1.29, 1.82) is 0 Å². The second-order valence-electron chi connectivity index (χ2n) is 13.1. The van der Waals surface area contributed by atoms with E-state index < -0.39 is 11.6 Å². The van der Waals surface area contributed by atoms with E-state index in [9.17, 15) is 14.0 Å². The summed E-state index contributed by atoms with van der Waals surface area (Å²) in [6.45, 7) is 4.10. The lowest BCUT2D eigenvalue weighted by molar-refractivity contribution is 0.0639. The molecule has 1 amide bonds. The average Bonchev–Trinajstić information content (AvgIpc) is 3.56. The molecule has 48 heavy (non-hydrogen) atoms. The molecule has 1 unspecified atom stereocenters. The summed E-state index contributed by atoms with van der Waals surface area (Å²) in [6, 6.07) is 10.7. The third kappa shape index (κ3) is 5.50. The first-order valence-corrected chi connectivity index (χ1v) is 17.1. The Morgan fingerprint density at radius 3 is 2.60 bits per heavy atom. The molecule has 2 saturated heterocycles. The molecule has 0 spiro atoms. The number of pyridine rings is 3. The van der Waals surface area contributed by atoms with Gasteiger partial charge in [0.1, 0.15) is 5.82 Å². The van der Waals surface area contributed by atoms with Gasteiger partial charge in [0.25, 0.3) is 5.91 Å². The van der Waals surface area contributed by atoms with Gasteiger partial charge in [-0.05, 0) is 99.2 Å². The van der Waals surface area contributed by atoms with Gasteiger partial charge in [-0.1, -0.05) is 17.7 Å². The number of piperidine rings is 1. The number of hydrogen-bond donors (Lipinski definition) is 0. The molecule has 11 heteroatoms. The average molecular weight is 668 g/mol. The van der Waals surface area contributed by atoms with Crippen molar-refractivity contribution >= 4 is 28.6 Å². The highest BCUT2D eigenvalue weighted by Gasteiger charge is 2.43. The van der Waals surface area contributed by atoms with Crippen LogP contribution < -0.4 is 5.76 Å². The summed E-state index contributed by atoms with van der Waals surface area (Å²) in [5, 5.41) is 0.174. The molecular weight excluding hydrogens is 633 g/mol. The quantitative estimate of drug-likeness (QED) is 0.179. The van der Waals surface area contributed by atoms with Crippen molar-refractivity contribution in [1.82, 2.24) is 24.4 Å². The molecule has 246 valence electrons. The highest BCUT2D eigenvalue weighted by Crippen LogP contribution is 2.48. The van der Waals surface area contributed by atoms with Crippen molar-refractivity contribution in [2.24, 2.45) is 5.92 Å². The third-order valence-corrected chi connectivity index (χ3v) is 10.3. The molecule has 0 N–H and O–H groups in total. The normalized spacial score (nSPS) is 18.0. The van der Waals surface area contributed by atoms with Gasteiger partial charge in [-0.25, -0.2) is 9.18 Å². The Morgan fingerprint density at radius 2 is 1.79 bits per heavy atom. The molecular formula is C37H35ClFN5O4. The van der Waals surface area contributed by atoms with E-state index in [1.54, 1.807) is 12.3 Å². The number of aromatic nitrogens is 4. The molecule has 0 bridgehead atoms. The fraction of sp³-hybridized carbons (Fsp3) is 0.378. The van der Waals surface area contributed by atoms with Crippen molar-refractivity contribution in [2.75, 3.05) is 19.8 Å². The van der Waals surface area contributed by atoms with Gasteiger partial charge in [-0.15, -0.1) is 0 Å². The number of carbonyl (C=O) groups excluding carboxylic acids is 1. The van der Waals surface area contributed by atoms with E-state index in [4.69, 9.17) is 25.7 Å². The minimum absolute atomic E-state index is 0.0105. The first-order chi connectivity index (χ1) is 23.4. The molecule has 0 aliphatic carbocycles. The Balaban J connectivity index is 1.32. The SMILES string of the molecule is Cc1cc(-c2c(CCC3CCOCC3)nc3c(c2-c2ccc4c(c2)oc(=O)n4Cc2ncc(Cl)cc2F)C(=O)N2CCCCC32)ccn1. The van der Waals surface area contributed by atoms with Crippen LogP contribution in [0.4, 0.5) is 4.39 Å². The molecule has 0 saturated carbocycles. The Morgan fingerprint density at radius 1 is 0.958 bits per heavy atom. The first kappa shape index (κ1) is 30.9. The standard InChI is InChI=1S/C37H35ClFN5O4/c1-21-16-24(9-12-40-21)32-27(7-5-22-10-14-47-15-11-22)42-35-30-4-2-3-13-43(30)36(45)34(35)33(32)23-6-8-29-31(17-23)48-37(46)44(29)20-28-26(39)18-25(38)19-41-28/h6,8-9,12,16-19,22,30H,2-5,7,10-11,13-15,20H2,1H3. The van der Waals surface area contributed by atoms with Crippen LogP contribution in [0.2, 0.25) is 5.02 Å². The van der Waals surface area contributed by atoms with Crippen LogP contribution in [0.25, 0.3) is 33.4 Å². The zero-order valence-corrected chi connectivity index (χ0v) is 27.4. The van der Waals surface area contributed by atoms with Gasteiger partial charge in [-0.2, -0.15) is 0 Å². The number of oxazole rings is 1. The number of amides is 1. The Labute approximate surface area is 281 Å². The fourth-order valence-electron chi connectivity index (χ4n) is 7.65. The number of nitrogens with zero attached hydrogens (tertiary/aromatic N) is 5. The largest absolute Gasteiger partial charge is 0.420 e. The van der Waals surface area contributed by atoms with Crippen LogP contribution in [0.15, 0.2) is 58.0 Å². The molecule has 7 heterocycles. The minimum Gasteiger partial charge on any atom is -0.408 e. The number of fused-ring (bicyclic) bond motifs is 4. The maximum atomic E-state index is 14.7. The van der Waals surface area contributed by atoms with Gasteiger partial charge >= 0.3 is 5.76 Å². The van der Waals surface area contributed by atoms with E-state index in [0.29, 0.717) is 29.1 Å². The molecule has 0 radical (unpaired) electrons. The predicted molar refractivity (Wildman–Crippen MR) is 179 cm³/mol. The molecule has 5 aromatic rings. The number of ether oxygens (including phenoxy) is 1. The Hall–Kier alpha value is -4.41. The number of halogens is 2. The number of carbonyl (C=O) groups is 1. The van der Waals surface area contributed by atoms with E-state index in [0.717, 1.165) is 97.5 Å². The summed E-state index contributed by atoms with van der Waals surface area (Å²) in [6.07, 6.45) is 9.81. The van der Waals surface area contributed by atoms with Gasteiger partial charge in [0, 0.05) is 54.7 Å². The molecule has 2 fully saturated rings. The highest BCUT2D eigenvalue weighted by atomic mass is 35.5. The second-order valence-corrected chi connectivity index (χ2v) is 13.5. The van der Waals surface area contributed by atoms with Crippen LogP contribution in [0.5, 0.6) is 0 Å². The lowest BCUT2D eigenvalue weighted by atomic mass is 9.85. The third-order valence-electron chi connectivity index (χ3n) is 10.1. The molecule has 1 aromatic carbocycles. The summed E-state index contributed by atoms with van der Waals surface area (Å²) in [4.78, 5) is 43.3. The zero-order chi connectivity index (χ0) is 32.9. The lowest BCUT2D eigenvalue weighted by Crippen LogP contribution is -2.32. The van der Waals surface area contributed by atoms with E-state index in [-0.39, 0.29) is 29.2 Å². The Bertz CT molecular complexity index is 2120. The number of rotatable bonds is 7. The molecule has 1 atom stereocenters. The maximum Gasteiger partial charge on any atom is 0.420 e. The number of hydrogen-bond acceptors (Lipinski definition) is 7. The van der Waals surface area contributed by atoms with Crippen molar-refractivity contribution in [3.8, 4) is 22.3 Å². The predicted octanol–water partition coefficient (Wildman–Crippen LogP) is 7.30. The topological polar surface area (TPSA) is 103 Å². The van der Waals surface area contributed by atoms with Crippen LogP contribution in [-0.4, -0.2) is 50.1 Å². The lowest BCUT2D eigenvalue weighted by Gasteiger charge is -2.29. The van der Waals surface area contributed by atoms with Gasteiger partial charge in [0.05, 0.1) is 40.1 Å². The van der Waals surface area contributed by atoms with E-state index in [2.05, 4.69) is 9.97 Å². The summed E-state index contributed by atoms with van der Waals surface area (Å²) >= 11 is 5.90.